The van der Waals surface area contributed by atoms with Crippen molar-refractivity contribution in [2.75, 3.05) is 9.80 Å². The second kappa shape index (κ2) is 11.5. The number of hydrogen-bond donors (Lipinski definition) is 0. The number of hydrogen-bond acceptors (Lipinski definition) is 9. The highest BCUT2D eigenvalue weighted by atomic mass is 16.4. The Morgan fingerprint density at radius 3 is 1.53 bits per heavy atom. The zero-order chi connectivity index (χ0) is 34.9. The number of para-hydroxylation sites is 4. The minimum atomic E-state index is 0.329. The van der Waals surface area contributed by atoms with Crippen LogP contribution >= 0.6 is 0 Å². The van der Waals surface area contributed by atoms with Gasteiger partial charge in [0.2, 0.25) is 5.71 Å². The van der Waals surface area contributed by atoms with Crippen molar-refractivity contribution in [3.8, 4) is 0 Å². The maximum absolute atomic E-state index is 6.38. The molecule has 250 valence electrons. The molecule has 5 heterocycles. The topological polar surface area (TPSA) is 97.5 Å². The maximum Gasteiger partial charge on any atom is 0.257 e. The number of fused-ring (bicyclic) bond motifs is 9. The van der Waals surface area contributed by atoms with Crippen LogP contribution in [0.1, 0.15) is 0 Å². The van der Waals surface area contributed by atoms with Crippen LogP contribution < -0.4 is 9.80 Å². The lowest BCUT2D eigenvalue weighted by Crippen LogP contribution is -2.13. The van der Waals surface area contributed by atoms with Crippen molar-refractivity contribution in [3.05, 3.63) is 158 Å². The lowest BCUT2D eigenvalue weighted by Gasteiger charge is -2.24. The Morgan fingerprint density at radius 1 is 0.358 bits per heavy atom. The highest BCUT2D eigenvalue weighted by Gasteiger charge is 2.23. The van der Waals surface area contributed by atoms with Crippen LogP contribution in [0.2, 0.25) is 0 Å². The Bertz CT molecular complexity index is 2940. The SMILES string of the molecule is c1ccc(N(c2ccc3c(c2)oc2ccccc23)c2ccc3c(n2)oc2nc(N(c4ccccc4)c4ccc5c(c4)oc4ccccc45)nnc23)cc1. The van der Waals surface area contributed by atoms with E-state index in [0.29, 0.717) is 34.1 Å². The van der Waals surface area contributed by atoms with Gasteiger partial charge < -0.3 is 13.3 Å². The van der Waals surface area contributed by atoms with Crippen molar-refractivity contribution in [1.29, 1.82) is 0 Å². The van der Waals surface area contributed by atoms with Crippen LogP contribution in [-0.4, -0.2) is 20.2 Å². The normalized spacial score (nSPS) is 11.8. The molecule has 0 fully saturated rings. The predicted molar refractivity (Wildman–Crippen MR) is 209 cm³/mol. The van der Waals surface area contributed by atoms with E-state index < -0.39 is 0 Å². The predicted octanol–water partition coefficient (Wildman–Crippen LogP) is 11.9. The third-order valence-electron chi connectivity index (χ3n) is 9.64. The fraction of sp³-hybridized carbons (Fsp3) is 0. The average molecular weight is 687 g/mol. The molecular formula is C44H26N6O3. The Hall–Kier alpha value is -7.52. The number of nitrogens with zero attached hydrogens (tertiary/aromatic N) is 6. The molecular weight excluding hydrogens is 661 g/mol. The van der Waals surface area contributed by atoms with E-state index in [2.05, 4.69) is 45.4 Å². The highest BCUT2D eigenvalue weighted by molar-refractivity contribution is 6.07. The molecule has 11 aromatic rings. The van der Waals surface area contributed by atoms with E-state index in [0.717, 1.165) is 66.6 Å². The Labute approximate surface area is 300 Å². The van der Waals surface area contributed by atoms with Gasteiger partial charge in [0.1, 0.15) is 28.1 Å². The van der Waals surface area contributed by atoms with Crippen LogP contribution in [0.3, 0.4) is 0 Å². The third kappa shape index (κ3) is 4.71. The lowest BCUT2D eigenvalue weighted by molar-refractivity contribution is 0.637. The van der Waals surface area contributed by atoms with E-state index in [-0.39, 0.29) is 0 Å². The molecule has 0 aliphatic heterocycles. The molecule has 53 heavy (non-hydrogen) atoms. The summed E-state index contributed by atoms with van der Waals surface area (Å²) in [6.45, 7) is 0. The second-order valence-corrected chi connectivity index (χ2v) is 12.8. The lowest BCUT2D eigenvalue weighted by atomic mass is 10.1. The van der Waals surface area contributed by atoms with E-state index in [4.69, 9.17) is 23.2 Å². The Morgan fingerprint density at radius 2 is 0.887 bits per heavy atom. The van der Waals surface area contributed by atoms with Gasteiger partial charge in [-0.05, 0) is 72.8 Å². The van der Waals surface area contributed by atoms with Gasteiger partial charge in [-0.15, -0.1) is 10.2 Å². The minimum Gasteiger partial charge on any atom is -0.456 e. The molecule has 9 heteroatoms. The van der Waals surface area contributed by atoms with Crippen molar-refractivity contribution in [2.24, 2.45) is 0 Å². The Balaban J connectivity index is 1.03. The van der Waals surface area contributed by atoms with Crippen molar-refractivity contribution in [3.63, 3.8) is 0 Å². The van der Waals surface area contributed by atoms with Crippen molar-refractivity contribution < 1.29 is 13.3 Å². The molecule has 9 nitrogen and oxygen atoms in total. The van der Waals surface area contributed by atoms with Gasteiger partial charge >= 0.3 is 0 Å². The quantitative estimate of drug-likeness (QED) is 0.169. The molecule has 0 N–H and O–H groups in total. The van der Waals surface area contributed by atoms with E-state index >= 15 is 0 Å². The monoisotopic (exact) mass is 686 g/mol. The van der Waals surface area contributed by atoms with Crippen LogP contribution in [0.25, 0.3) is 66.2 Å². The van der Waals surface area contributed by atoms with Gasteiger partial charge in [-0.2, -0.15) is 9.97 Å². The second-order valence-electron chi connectivity index (χ2n) is 12.8. The standard InChI is InChI=1S/C44H26N6O3/c1-3-11-27(12-4-1)49(29-19-21-33-31-15-7-9-17-36(31)51-38(33)25-29)40-24-23-35-41-43(53-42(35)45-40)46-44(48-47-41)50(28-13-5-2-6-14-28)30-20-22-34-32-16-8-10-18-37(32)52-39(34)26-30/h1-26H. The van der Waals surface area contributed by atoms with Gasteiger partial charge in [0.15, 0.2) is 5.52 Å². The molecule has 0 saturated heterocycles. The third-order valence-corrected chi connectivity index (χ3v) is 9.64. The van der Waals surface area contributed by atoms with Gasteiger partial charge in [0.25, 0.3) is 11.7 Å². The zero-order valence-electron chi connectivity index (χ0n) is 27.9. The largest absolute Gasteiger partial charge is 0.456 e. The van der Waals surface area contributed by atoms with Crippen LogP contribution in [0.15, 0.2) is 171 Å². The van der Waals surface area contributed by atoms with Gasteiger partial charge in [-0.25, -0.2) is 0 Å². The van der Waals surface area contributed by atoms with Crippen LogP contribution in [0.5, 0.6) is 0 Å². The summed E-state index contributed by atoms with van der Waals surface area (Å²) in [6.07, 6.45) is 0. The summed E-state index contributed by atoms with van der Waals surface area (Å²) in [6, 6.07) is 52.4. The summed E-state index contributed by atoms with van der Waals surface area (Å²) in [5, 5.41) is 14.2. The van der Waals surface area contributed by atoms with Gasteiger partial charge in [0, 0.05) is 45.1 Å². The average Bonchev–Trinajstić information content (AvgIpc) is 3.89. The van der Waals surface area contributed by atoms with Gasteiger partial charge in [-0.3, -0.25) is 9.80 Å². The van der Waals surface area contributed by atoms with E-state index in [1.165, 1.54) is 0 Å². The van der Waals surface area contributed by atoms with E-state index in [9.17, 15) is 0 Å². The van der Waals surface area contributed by atoms with Crippen molar-refractivity contribution >= 4 is 101 Å². The molecule has 0 saturated carbocycles. The smallest absolute Gasteiger partial charge is 0.257 e. The molecule has 0 amide bonds. The molecule has 0 unspecified atom stereocenters. The number of pyridine rings is 1. The first-order valence-electron chi connectivity index (χ1n) is 17.2. The zero-order valence-corrected chi connectivity index (χ0v) is 27.9. The molecule has 0 aliphatic carbocycles. The summed E-state index contributed by atoms with van der Waals surface area (Å²) in [7, 11) is 0. The summed E-state index contributed by atoms with van der Waals surface area (Å²) in [5.74, 6) is 1.01. The number of furan rings is 3. The number of rotatable bonds is 6. The maximum atomic E-state index is 6.38. The van der Waals surface area contributed by atoms with E-state index in [1.54, 1.807) is 0 Å². The number of aromatic nitrogens is 4. The number of anilines is 6. The molecule has 0 aliphatic rings. The summed E-state index contributed by atoms with van der Waals surface area (Å²) in [4.78, 5) is 14.0. The van der Waals surface area contributed by atoms with Crippen molar-refractivity contribution in [1.82, 2.24) is 20.2 Å². The van der Waals surface area contributed by atoms with Crippen LogP contribution in [0, 0.1) is 0 Å². The molecule has 0 radical (unpaired) electrons. The first-order chi connectivity index (χ1) is 26.2. The first kappa shape index (κ1) is 29.2. The molecule has 0 spiro atoms. The molecule has 0 bridgehead atoms. The number of benzene rings is 6. The van der Waals surface area contributed by atoms with Gasteiger partial charge in [0.05, 0.1) is 16.8 Å². The molecule has 6 aromatic carbocycles. The first-order valence-corrected chi connectivity index (χ1v) is 17.2. The minimum absolute atomic E-state index is 0.329. The van der Waals surface area contributed by atoms with Crippen molar-refractivity contribution in [2.45, 2.75) is 0 Å². The fourth-order valence-corrected chi connectivity index (χ4v) is 7.20. The van der Waals surface area contributed by atoms with E-state index in [1.807, 2.05) is 132 Å². The van der Waals surface area contributed by atoms with Crippen LogP contribution in [-0.2, 0) is 0 Å². The molecule has 5 aromatic heterocycles. The van der Waals surface area contributed by atoms with Gasteiger partial charge in [-0.1, -0.05) is 72.8 Å². The summed E-state index contributed by atoms with van der Waals surface area (Å²) in [5.41, 5.74) is 8.01. The fourth-order valence-electron chi connectivity index (χ4n) is 7.20. The highest BCUT2D eigenvalue weighted by Crippen LogP contribution is 2.40. The Kier molecular flexibility index (Phi) is 6.35. The summed E-state index contributed by atoms with van der Waals surface area (Å²) < 4.78 is 18.9. The van der Waals surface area contributed by atoms with Crippen LogP contribution in [0.4, 0.5) is 34.5 Å². The molecule has 11 rings (SSSR count). The summed E-state index contributed by atoms with van der Waals surface area (Å²) >= 11 is 0. The molecule has 0 atom stereocenters.